The van der Waals surface area contributed by atoms with Crippen molar-refractivity contribution in [2.45, 2.75) is 116 Å². The van der Waals surface area contributed by atoms with Crippen molar-refractivity contribution >= 4 is 11.7 Å². The van der Waals surface area contributed by atoms with E-state index in [-0.39, 0.29) is 17.7 Å². The van der Waals surface area contributed by atoms with E-state index in [4.69, 9.17) is 5.73 Å². The number of hydrogen-bond donors (Lipinski definition) is 2. The van der Waals surface area contributed by atoms with Gasteiger partial charge in [0, 0.05) is 12.8 Å². The molecule has 0 aromatic heterocycles. The Morgan fingerprint density at radius 1 is 0.760 bits per heavy atom. The molecule has 0 aromatic rings. The Labute approximate surface area is 155 Å². The van der Waals surface area contributed by atoms with E-state index >= 15 is 0 Å². The minimum atomic E-state index is -0.308. The Kier molecular flexibility index (Phi) is 17.3. The molecular formula is C21H42N2O2. The number of ketones is 1. The largest absolute Gasteiger partial charge is 0.346 e. The molecule has 25 heavy (non-hydrogen) atoms. The van der Waals surface area contributed by atoms with Crippen LogP contribution in [0.2, 0.25) is 0 Å². The zero-order chi connectivity index (χ0) is 18.8. The van der Waals surface area contributed by atoms with Gasteiger partial charge in [0.05, 0.1) is 6.04 Å². The fraction of sp³-hybridized carbons (Fsp3) is 0.905. The van der Waals surface area contributed by atoms with Crippen LogP contribution >= 0.6 is 0 Å². The van der Waals surface area contributed by atoms with Crippen molar-refractivity contribution in [1.29, 1.82) is 0 Å². The van der Waals surface area contributed by atoms with E-state index in [0.29, 0.717) is 19.4 Å². The number of unbranched alkanes of at least 4 members (excludes halogenated alkanes) is 9. The Morgan fingerprint density at radius 2 is 1.36 bits per heavy atom. The second-order valence-electron chi connectivity index (χ2n) is 7.20. The minimum Gasteiger partial charge on any atom is -0.346 e. The molecular weight excluding hydrogens is 312 g/mol. The Hall–Kier alpha value is -0.900. The number of nitrogens with one attached hydrogen (secondary N) is 1. The molecule has 0 fully saturated rings. The van der Waals surface area contributed by atoms with Crippen LogP contribution in [0.15, 0.2) is 0 Å². The number of rotatable bonds is 18. The number of nitrogens with two attached hydrogens (primary N) is 1. The van der Waals surface area contributed by atoms with E-state index in [1.54, 1.807) is 0 Å². The number of amides is 1. The van der Waals surface area contributed by atoms with Crippen LogP contribution in [-0.2, 0) is 9.59 Å². The third kappa shape index (κ3) is 15.1. The zero-order valence-electron chi connectivity index (χ0n) is 16.8. The van der Waals surface area contributed by atoms with Crippen LogP contribution in [0.5, 0.6) is 0 Å². The van der Waals surface area contributed by atoms with Crippen LogP contribution in [0, 0.1) is 0 Å². The summed E-state index contributed by atoms with van der Waals surface area (Å²) in [6, 6.07) is -0.308. The maximum Gasteiger partial charge on any atom is 0.220 e. The summed E-state index contributed by atoms with van der Waals surface area (Å²) in [7, 11) is 0. The van der Waals surface area contributed by atoms with E-state index in [2.05, 4.69) is 12.2 Å². The van der Waals surface area contributed by atoms with Gasteiger partial charge in [0.1, 0.15) is 0 Å². The molecule has 0 rings (SSSR count). The number of hydrogen-bond acceptors (Lipinski definition) is 3. The van der Waals surface area contributed by atoms with Crippen molar-refractivity contribution in [3.8, 4) is 0 Å². The van der Waals surface area contributed by atoms with Crippen molar-refractivity contribution < 1.29 is 9.59 Å². The molecule has 0 saturated carbocycles. The first-order valence-corrected chi connectivity index (χ1v) is 10.7. The summed E-state index contributed by atoms with van der Waals surface area (Å²) in [6.07, 6.45) is 15.7. The van der Waals surface area contributed by atoms with Gasteiger partial charge in [0.25, 0.3) is 0 Å². The summed E-state index contributed by atoms with van der Waals surface area (Å²) in [6.45, 7) is 4.88. The molecule has 1 amide bonds. The lowest BCUT2D eigenvalue weighted by Gasteiger charge is -2.17. The van der Waals surface area contributed by atoms with Gasteiger partial charge in [-0.25, -0.2) is 0 Å². The van der Waals surface area contributed by atoms with Gasteiger partial charge >= 0.3 is 0 Å². The predicted molar refractivity (Wildman–Crippen MR) is 107 cm³/mol. The van der Waals surface area contributed by atoms with E-state index in [0.717, 1.165) is 38.5 Å². The molecule has 1 atom stereocenters. The molecule has 148 valence electrons. The second-order valence-corrected chi connectivity index (χ2v) is 7.20. The van der Waals surface area contributed by atoms with Crippen LogP contribution in [0.1, 0.15) is 110 Å². The average Bonchev–Trinajstić information content (AvgIpc) is 2.59. The maximum absolute atomic E-state index is 12.2. The molecule has 0 saturated heterocycles. The second kappa shape index (κ2) is 17.9. The molecule has 0 aliphatic carbocycles. The molecule has 0 aromatic carbocycles. The van der Waals surface area contributed by atoms with Crippen molar-refractivity contribution in [3.05, 3.63) is 0 Å². The van der Waals surface area contributed by atoms with Crippen LogP contribution < -0.4 is 11.1 Å². The SMILES string of the molecule is CCCCCCCCCCCC(=O)NC(CCCCN)C(=O)CCC. The van der Waals surface area contributed by atoms with Crippen LogP contribution in [0.3, 0.4) is 0 Å². The Balaban J connectivity index is 3.84. The third-order valence-electron chi connectivity index (χ3n) is 4.67. The highest BCUT2D eigenvalue weighted by Gasteiger charge is 2.19. The Bertz CT molecular complexity index is 332. The van der Waals surface area contributed by atoms with Crippen LogP contribution in [-0.4, -0.2) is 24.3 Å². The summed E-state index contributed by atoms with van der Waals surface area (Å²) in [5.41, 5.74) is 5.52. The van der Waals surface area contributed by atoms with E-state index in [1.807, 2.05) is 6.92 Å². The van der Waals surface area contributed by atoms with Gasteiger partial charge in [0.15, 0.2) is 5.78 Å². The van der Waals surface area contributed by atoms with Gasteiger partial charge in [-0.2, -0.15) is 0 Å². The van der Waals surface area contributed by atoms with Crippen LogP contribution in [0.4, 0.5) is 0 Å². The summed E-state index contributed by atoms with van der Waals surface area (Å²) in [5, 5.41) is 2.96. The lowest BCUT2D eigenvalue weighted by atomic mass is 10.0. The van der Waals surface area contributed by atoms with E-state index in [1.165, 1.54) is 44.9 Å². The molecule has 0 aliphatic rings. The molecule has 0 spiro atoms. The van der Waals surface area contributed by atoms with E-state index in [9.17, 15) is 9.59 Å². The maximum atomic E-state index is 12.2. The minimum absolute atomic E-state index is 0.0325. The standard InChI is InChI=1S/C21H42N2O2/c1-3-5-6-7-8-9-10-11-12-17-21(25)23-19(16-13-14-18-22)20(24)15-4-2/h19H,3-18,22H2,1-2H3,(H,23,25). The van der Waals surface area contributed by atoms with Gasteiger partial charge in [-0.1, -0.05) is 65.2 Å². The first kappa shape index (κ1) is 24.1. The first-order valence-electron chi connectivity index (χ1n) is 10.7. The lowest BCUT2D eigenvalue weighted by molar-refractivity contribution is -0.128. The molecule has 4 heteroatoms. The molecule has 4 nitrogen and oxygen atoms in total. The highest BCUT2D eigenvalue weighted by molar-refractivity contribution is 5.88. The van der Waals surface area contributed by atoms with E-state index < -0.39 is 0 Å². The molecule has 0 aliphatic heterocycles. The van der Waals surface area contributed by atoms with Gasteiger partial charge < -0.3 is 11.1 Å². The van der Waals surface area contributed by atoms with Gasteiger partial charge in [0.2, 0.25) is 5.91 Å². The van der Waals surface area contributed by atoms with Gasteiger partial charge in [-0.05, 0) is 38.6 Å². The topological polar surface area (TPSA) is 72.2 Å². The highest BCUT2D eigenvalue weighted by atomic mass is 16.2. The van der Waals surface area contributed by atoms with Crippen molar-refractivity contribution in [2.24, 2.45) is 5.73 Å². The number of carbonyl (C=O) groups is 2. The van der Waals surface area contributed by atoms with Gasteiger partial charge in [-0.3, -0.25) is 9.59 Å². The summed E-state index contributed by atoms with van der Waals surface area (Å²) in [5.74, 6) is 0.199. The molecule has 3 N–H and O–H groups in total. The number of carbonyl (C=O) groups excluding carboxylic acids is 2. The molecule has 0 bridgehead atoms. The average molecular weight is 355 g/mol. The Morgan fingerprint density at radius 3 is 1.92 bits per heavy atom. The zero-order valence-corrected chi connectivity index (χ0v) is 16.8. The predicted octanol–water partition coefficient (Wildman–Crippen LogP) is 4.89. The lowest BCUT2D eigenvalue weighted by Crippen LogP contribution is -2.40. The highest BCUT2D eigenvalue weighted by Crippen LogP contribution is 2.11. The smallest absolute Gasteiger partial charge is 0.220 e. The quantitative estimate of drug-likeness (QED) is 0.344. The van der Waals surface area contributed by atoms with Crippen LogP contribution in [0.25, 0.3) is 0 Å². The summed E-state index contributed by atoms with van der Waals surface area (Å²) in [4.78, 5) is 24.3. The normalized spacial score (nSPS) is 12.1. The fourth-order valence-corrected chi connectivity index (χ4v) is 3.09. The monoisotopic (exact) mass is 354 g/mol. The third-order valence-corrected chi connectivity index (χ3v) is 4.67. The van der Waals surface area contributed by atoms with Crippen molar-refractivity contribution in [2.75, 3.05) is 6.54 Å². The van der Waals surface area contributed by atoms with Crippen molar-refractivity contribution in [3.63, 3.8) is 0 Å². The molecule has 1 unspecified atom stereocenters. The summed E-state index contributed by atoms with van der Waals surface area (Å²) < 4.78 is 0. The van der Waals surface area contributed by atoms with Gasteiger partial charge in [-0.15, -0.1) is 0 Å². The molecule has 0 heterocycles. The fourth-order valence-electron chi connectivity index (χ4n) is 3.09. The first-order chi connectivity index (χ1) is 12.2. The molecule has 0 radical (unpaired) electrons. The number of Topliss-reactive ketones (excluding diaryl/α,β-unsaturated/α-hetero) is 1. The summed E-state index contributed by atoms with van der Waals surface area (Å²) >= 11 is 0. The van der Waals surface area contributed by atoms with Crippen molar-refractivity contribution in [1.82, 2.24) is 5.32 Å².